The van der Waals surface area contributed by atoms with E-state index in [2.05, 4.69) is 10.3 Å². The lowest BCUT2D eigenvalue weighted by Crippen LogP contribution is -2.09. The van der Waals surface area contributed by atoms with Crippen molar-refractivity contribution in [3.05, 3.63) is 83.6 Å². The third-order valence-electron chi connectivity index (χ3n) is 4.84. The molecule has 0 atom stereocenters. The molecule has 0 aliphatic rings. The molecule has 1 amide bonds. The molecular weight excluding hydrogens is 419 g/mol. The fourth-order valence-corrected chi connectivity index (χ4v) is 3.47. The van der Waals surface area contributed by atoms with Gasteiger partial charge < -0.3 is 14.5 Å². The summed E-state index contributed by atoms with van der Waals surface area (Å²) in [7, 11) is 1.55. The highest BCUT2D eigenvalue weighted by molar-refractivity contribution is 6.32. The van der Waals surface area contributed by atoms with Gasteiger partial charge in [0.25, 0.3) is 0 Å². The molecule has 0 unspecified atom stereocenters. The van der Waals surface area contributed by atoms with E-state index in [9.17, 15) is 9.18 Å². The molecule has 0 fully saturated rings. The number of amides is 1. The number of benzene rings is 2. The molecule has 1 N–H and O–H groups in total. The summed E-state index contributed by atoms with van der Waals surface area (Å²) in [5, 5.41) is 3.75. The zero-order chi connectivity index (χ0) is 22.0. The van der Waals surface area contributed by atoms with E-state index in [0.717, 1.165) is 22.1 Å². The number of pyridine rings is 1. The predicted octanol–water partition coefficient (Wildman–Crippen LogP) is 6.34. The van der Waals surface area contributed by atoms with Crippen LogP contribution in [0.1, 0.15) is 12.5 Å². The minimum atomic E-state index is -0.347. The average molecular weight is 437 g/mol. The van der Waals surface area contributed by atoms with Gasteiger partial charge in [-0.05, 0) is 48.4 Å². The SMILES string of the molecule is COc1cc2occ(-c3ccc(F)cc3)c2cc1/C(C)=C/C(=O)Nc1cccnc1Cl. The number of halogens is 2. The van der Waals surface area contributed by atoms with Crippen LogP contribution >= 0.6 is 11.6 Å². The zero-order valence-electron chi connectivity index (χ0n) is 16.8. The van der Waals surface area contributed by atoms with Crippen molar-refractivity contribution in [3.63, 3.8) is 0 Å². The minimum absolute atomic E-state index is 0.211. The number of hydrogen-bond donors (Lipinski definition) is 1. The molecule has 2 aromatic carbocycles. The second-order valence-corrected chi connectivity index (χ2v) is 7.22. The molecule has 7 heteroatoms. The van der Waals surface area contributed by atoms with E-state index in [4.69, 9.17) is 20.8 Å². The smallest absolute Gasteiger partial charge is 0.248 e. The van der Waals surface area contributed by atoms with Crippen LogP contribution < -0.4 is 10.1 Å². The van der Waals surface area contributed by atoms with Gasteiger partial charge in [0.15, 0.2) is 5.15 Å². The quantitative estimate of drug-likeness (QED) is 0.293. The fraction of sp³-hybridized carbons (Fsp3) is 0.0833. The number of anilines is 1. The molecule has 0 spiro atoms. The number of aromatic nitrogens is 1. The Kier molecular flexibility index (Phi) is 5.73. The van der Waals surface area contributed by atoms with Gasteiger partial charge in [-0.25, -0.2) is 9.37 Å². The van der Waals surface area contributed by atoms with E-state index in [0.29, 0.717) is 22.6 Å². The minimum Gasteiger partial charge on any atom is -0.496 e. The van der Waals surface area contributed by atoms with Crippen molar-refractivity contribution in [2.45, 2.75) is 6.92 Å². The highest BCUT2D eigenvalue weighted by atomic mass is 35.5. The second-order valence-electron chi connectivity index (χ2n) is 6.86. The number of methoxy groups -OCH3 is 1. The van der Waals surface area contributed by atoms with Gasteiger partial charge in [0.1, 0.15) is 17.1 Å². The average Bonchev–Trinajstić information content (AvgIpc) is 3.17. The number of hydrogen-bond acceptors (Lipinski definition) is 4. The van der Waals surface area contributed by atoms with E-state index >= 15 is 0 Å². The first kappa shape index (κ1) is 20.6. The van der Waals surface area contributed by atoms with Crippen molar-refractivity contribution < 1.29 is 18.3 Å². The summed E-state index contributed by atoms with van der Waals surface area (Å²) in [4.78, 5) is 16.5. The van der Waals surface area contributed by atoms with Crippen LogP contribution in [0.15, 0.2) is 71.5 Å². The summed E-state index contributed by atoms with van der Waals surface area (Å²) >= 11 is 6.01. The lowest BCUT2D eigenvalue weighted by atomic mass is 9.99. The number of nitrogens with zero attached hydrogens (tertiary/aromatic N) is 1. The summed E-state index contributed by atoms with van der Waals surface area (Å²) in [6, 6.07) is 13.2. The predicted molar refractivity (Wildman–Crippen MR) is 120 cm³/mol. The van der Waals surface area contributed by atoms with Gasteiger partial charge in [0.05, 0.1) is 19.1 Å². The molecular formula is C24H18ClFN2O3. The number of rotatable bonds is 5. The highest BCUT2D eigenvalue weighted by Gasteiger charge is 2.15. The molecule has 2 heterocycles. The van der Waals surface area contributed by atoms with Gasteiger partial charge in [-0.2, -0.15) is 0 Å². The Morgan fingerprint density at radius 3 is 2.71 bits per heavy atom. The van der Waals surface area contributed by atoms with Crippen LogP contribution in [0.25, 0.3) is 27.7 Å². The molecule has 0 saturated carbocycles. The number of ether oxygens (including phenoxy) is 1. The summed E-state index contributed by atoms with van der Waals surface area (Å²) in [6.45, 7) is 1.81. The van der Waals surface area contributed by atoms with E-state index < -0.39 is 0 Å². The van der Waals surface area contributed by atoms with E-state index in [1.54, 1.807) is 49.9 Å². The number of fused-ring (bicyclic) bond motifs is 1. The van der Waals surface area contributed by atoms with Crippen LogP contribution in [0.5, 0.6) is 5.75 Å². The summed E-state index contributed by atoms with van der Waals surface area (Å²) in [6.07, 6.45) is 4.63. The first-order valence-electron chi connectivity index (χ1n) is 9.41. The van der Waals surface area contributed by atoms with Crippen LogP contribution in [0.3, 0.4) is 0 Å². The van der Waals surface area contributed by atoms with Crippen LogP contribution in [0, 0.1) is 5.82 Å². The van der Waals surface area contributed by atoms with Gasteiger partial charge in [-0.15, -0.1) is 0 Å². The Balaban J connectivity index is 1.72. The van der Waals surface area contributed by atoms with Crippen LogP contribution in [0.4, 0.5) is 10.1 Å². The van der Waals surface area contributed by atoms with Crippen molar-refractivity contribution in [2.75, 3.05) is 12.4 Å². The molecule has 31 heavy (non-hydrogen) atoms. The maximum atomic E-state index is 13.3. The molecule has 0 radical (unpaired) electrons. The number of carbonyl (C=O) groups excluding carboxylic acids is 1. The Morgan fingerprint density at radius 1 is 1.23 bits per heavy atom. The maximum Gasteiger partial charge on any atom is 0.248 e. The van der Waals surface area contributed by atoms with Crippen LogP contribution in [0.2, 0.25) is 5.15 Å². The standard InChI is InChI=1S/C24H18ClFN2O3/c1-14(10-23(29)28-20-4-3-9-27-24(20)25)17-11-18-19(15-5-7-16(26)8-6-15)13-31-22(18)12-21(17)30-2/h3-13H,1-2H3,(H,28,29)/b14-10+. The molecule has 4 aromatic rings. The zero-order valence-corrected chi connectivity index (χ0v) is 17.5. The number of allylic oxidation sites excluding steroid dienone is 1. The Labute approximate surface area is 183 Å². The normalized spacial score (nSPS) is 11.5. The largest absolute Gasteiger partial charge is 0.496 e. The highest BCUT2D eigenvalue weighted by Crippen LogP contribution is 2.37. The topological polar surface area (TPSA) is 64.4 Å². The van der Waals surface area contributed by atoms with Gasteiger partial charge in [-0.1, -0.05) is 23.7 Å². The molecule has 0 aliphatic carbocycles. The first-order chi connectivity index (χ1) is 15.0. The number of furan rings is 1. The van der Waals surface area contributed by atoms with Crippen molar-refractivity contribution in [3.8, 4) is 16.9 Å². The van der Waals surface area contributed by atoms with Gasteiger partial charge in [-0.3, -0.25) is 4.79 Å². The number of carbonyl (C=O) groups is 1. The van der Waals surface area contributed by atoms with E-state index in [1.807, 2.05) is 13.0 Å². The van der Waals surface area contributed by atoms with Crippen molar-refractivity contribution in [1.29, 1.82) is 0 Å². The Bertz CT molecular complexity index is 1300. The Hall–Kier alpha value is -3.64. The van der Waals surface area contributed by atoms with E-state index in [-0.39, 0.29) is 16.9 Å². The molecule has 156 valence electrons. The molecule has 0 saturated heterocycles. The maximum absolute atomic E-state index is 13.3. The summed E-state index contributed by atoms with van der Waals surface area (Å²) in [5.41, 5.74) is 4.10. The summed E-state index contributed by atoms with van der Waals surface area (Å²) < 4.78 is 24.5. The monoisotopic (exact) mass is 436 g/mol. The van der Waals surface area contributed by atoms with Crippen molar-refractivity contribution in [2.24, 2.45) is 0 Å². The molecule has 4 rings (SSSR count). The fourth-order valence-electron chi connectivity index (χ4n) is 3.31. The third-order valence-corrected chi connectivity index (χ3v) is 5.14. The molecule has 0 bridgehead atoms. The first-order valence-corrected chi connectivity index (χ1v) is 9.79. The van der Waals surface area contributed by atoms with Crippen LogP contribution in [-0.2, 0) is 4.79 Å². The molecule has 0 aliphatic heterocycles. The molecule has 2 aromatic heterocycles. The van der Waals surface area contributed by atoms with Crippen molar-refractivity contribution >= 4 is 39.7 Å². The Morgan fingerprint density at radius 2 is 2.00 bits per heavy atom. The lowest BCUT2D eigenvalue weighted by molar-refractivity contribution is -0.111. The van der Waals surface area contributed by atoms with Crippen LogP contribution in [-0.4, -0.2) is 18.0 Å². The molecule has 5 nitrogen and oxygen atoms in total. The third kappa shape index (κ3) is 4.29. The summed E-state index contributed by atoms with van der Waals surface area (Å²) in [5.74, 6) is -0.0913. The number of nitrogens with one attached hydrogen (secondary N) is 1. The van der Waals surface area contributed by atoms with Crippen molar-refractivity contribution in [1.82, 2.24) is 4.98 Å². The van der Waals surface area contributed by atoms with Gasteiger partial charge in [0, 0.05) is 34.9 Å². The second kappa shape index (κ2) is 8.62. The lowest BCUT2D eigenvalue weighted by Gasteiger charge is -2.10. The van der Waals surface area contributed by atoms with Gasteiger partial charge in [0.2, 0.25) is 5.91 Å². The van der Waals surface area contributed by atoms with E-state index in [1.165, 1.54) is 18.2 Å². The van der Waals surface area contributed by atoms with Gasteiger partial charge >= 0.3 is 0 Å².